The van der Waals surface area contributed by atoms with Crippen molar-refractivity contribution in [3.05, 3.63) is 20.8 Å². The summed E-state index contributed by atoms with van der Waals surface area (Å²) in [7, 11) is 1.82. The van der Waals surface area contributed by atoms with Gasteiger partial charge in [0.1, 0.15) is 0 Å². The zero-order chi connectivity index (χ0) is 12.8. The number of likely N-dealkylation sites (tertiary alicyclic amines) is 1. The fraction of sp³-hybridized carbons (Fsp3) is 0.692. The van der Waals surface area contributed by atoms with Gasteiger partial charge in [0.2, 0.25) is 0 Å². The van der Waals surface area contributed by atoms with Crippen molar-refractivity contribution in [2.75, 3.05) is 33.3 Å². The molecule has 0 aromatic carbocycles. The predicted molar refractivity (Wildman–Crippen MR) is 80.2 cm³/mol. The van der Waals surface area contributed by atoms with Crippen LogP contribution in [0.25, 0.3) is 0 Å². The number of methoxy groups -OCH3 is 1. The minimum Gasteiger partial charge on any atom is -0.381 e. The Balaban J connectivity index is 1.56. The topological polar surface area (TPSA) is 24.5 Å². The molecule has 1 aromatic heterocycles. The first-order valence-electron chi connectivity index (χ1n) is 6.46. The quantitative estimate of drug-likeness (QED) is 0.810. The Labute approximate surface area is 122 Å². The third kappa shape index (κ3) is 4.63. The van der Waals surface area contributed by atoms with Crippen LogP contribution in [0.2, 0.25) is 0 Å². The van der Waals surface area contributed by atoms with Crippen LogP contribution in [0.5, 0.6) is 0 Å². The average Bonchev–Trinajstić information content (AvgIpc) is 2.81. The summed E-state index contributed by atoms with van der Waals surface area (Å²) in [5.74, 6) is 0. The first-order chi connectivity index (χ1) is 8.78. The van der Waals surface area contributed by atoms with Gasteiger partial charge < -0.3 is 15.0 Å². The van der Waals surface area contributed by atoms with E-state index < -0.39 is 0 Å². The first kappa shape index (κ1) is 14.5. The summed E-state index contributed by atoms with van der Waals surface area (Å²) in [6.45, 7) is 5.52. The number of thiophene rings is 1. The van der Waals surface area contributed by atoms with E-state index in [1.807, 2.05) is 7.11 Å². The highest BCUT2D eigenvalue weighted by Gasteiger charge is 2.17. The normalized spacial score (nSPS) is 18.3. The summed E-state index contributed by atoms with van der Waals surface area (Å²) >= 11 is 5.28. The van der Waals surface area contributed by atoms with Gasteiger partial charge in [0.15, 0.2) is 0 Å². The Bertz CT molecular complexity index is 351. The Morgan fingerprint density at radius 2 is 2.28 bits per heavy atom. The van der Waals surface area contributed by atoms with E-state index in [4.69, 9.17) is 4.74 Å². The molecule has 0 radical (unpaired) electrons. The summed E-state index contributed by atoms with van der Waals surface area (Å²) in [5.41, 5.74) is 0. The molecule has 0 atom stereocenters. The molecular formula is C13H21BrN2OS. The van der Waals surface area contributed by atoms with Crippen LogP contribution in [0.1, 0.15) is 17.7 Å². The highest BCUT2D eigenvalue weighted by molar-refractivity contribution is 9.10. The van der Waals surface area contributed by atoms with E-state index in [1.54, 1.807) is 11.3 Å². The van der Waals surface area contributed by atoms with Crippen molar-refractivity contribution in [1.82, 2.24) is 10.2 Å². The Morgan fingerprint density at radius 1 is 1.50 bits per heavy atom. The third-order valence-electron chi connectivity index (χ3n) is 3.39. The second kappa shape index (κ2) is 7.60. The van der Waals surface area contributed by atoms with Gasteiger partial charge in [0.25, 0.3) is 0 Å². The lowest BCUT2D eigenvalue weighted by atomic mass is 10.1. The van der Waals surface area contributed by atoms with Gasteiger partial charge in [-0.05, 0) is 34.8 Å². The molecule has 102 valence electrons. The second-order valence-electron chi connectivity index (χ2n) is 4.68. The Kier molecular flexibility index (Phi) is 6.11. The molecule has 0 amide bonds. The highest BCUT2D eigenvalue weighted by atomic mass is 79.9. The summed E-state index contributed by atoms with van der Waals surface area (Å²) < 4.78 is 6.57. The molecule has 1 aromatic rings. The molecule has 0 unspecified atom stereocenters. The van der Waals surface area contributed by atoms with E-state index >= 15 is 0 Å². The number of halogens is 1. The summed E-state index contributed by atoms with van der Waals surface area (Å²) in [5, 5.41) is 5.64. The molecule has 18 heavy (non-hydrogen) atoms. The van der Waals surface area contributed by atoms with Crippen LogP contribution in [0.15, 0.2) is 15.9 Å². The zero-order valence-electron chi connectivity index (χ0n) is 10.8. The van der Waals surface area contributed by atoms with Gasteiger partial charge in [-0.3, -0.25) is 0 Å². The molecule has 1 saturated heterocycles. The number of piperidine rings is 1. The van der Waals surface area contributed by atoms with Crippen molar-refractivity contribution in [2.24, 2.45) is 0 Å². The number of nitrogens with zero attached hydrogens (tertiary/aromatic N) is 1. The number of hydrogen-bond donors (Lipinski definition) is 1. The van der Waals surface area contributed by atoms with E-state index in [0.29, 0.717) is 6.10 Å². The van der Waals surface area contributed by atoms with Crippen LogP contribution in [0.3, 0.4) is 0 Å². The molecule has 2 heterocycles. The molecule has 0 bridgehead atoms. The maximum Gasteiger partial charge on any atom is 0.0595 e. The largest absolute Gasteiger partial charge is 0.381 e. The lowest BCUT2D eigenvalue weighted by Gasteiger charge is -2.31. The van der Waals surface area contributed by atoms with Crippen LogP contribution in [0, 0.1) is 0 Å². The van der Waals surface area contributed by atoms with Crippen molar-refractivity contribution in [3.8, 4) is 0 Å². The standard InChI is InChI=1S/C13H21BrN2OS/c1-17-12-2-5-16(6-3-12)7-4-15-9-13-8-11(14)10-18-13/h8,10,12,15H,2-7,9H2,1H3. The predicted octanol–water partition coefficient (Wildman–Crippen LogP) is 2.71. The van der Waals surface area contributed by atoms with E-state index in [0.717, 1.165) is 19.6 Å². The third-order valence-corrected chi connectivity index (χ3v) is 5.09. The van der Waals surface area contributed by atoms with Crippen LogP contribution in [0.4, 0.5) is 0 Å². The summed E-state index contributed by atoms with van der Waals surface area (Å²) in [4.78, 5) is 3.91. The molecule has 0 saturated carbocycles. The molecule has 0 aliphatic carbocycles. The van der Waals surface area contributed by atoms with Crippen molar-refractivity contribution in [2.45, 2.75) is 25.5 Å². The van der Waals surface area contributed by atoms with Crippen molar-refractivity contribution >= 4 is 27.3 Å². The molecular weight excluding hydrogens is 312 g/mol. The Hall–Kier alpha value is 0.0600. The van der Waals surface area contributed by atoms with Crippen LogP contribution < -0.4 is 5.32 Å². The minimum atomic E-state index is 0.484. The molecule has 0 spiro atoms. The van der Waals surface area contributed by atoms with E-state index in [-0.39, 0.29) is 0 Å². The van der Waals surface area contributed by atoms with Gasteiger partial charge in [-0.25, -0.2) is 0 Å². The monoisotopic (exact) mass is 332 g/mol. The first-order valence-corrected chi connectivity index (χ1v) is 8.14. The number of hydrogen-bond acceptors (Lipinski definition) is 4. The maximum atomic E-state index is 5.38. The van der Waals surface area contributed by atoms with Gasteiger partial charge in [-0.2, -0.15) is 0 Å². The van der Waals surface area contributed by atoms with Crippen molar-refractivity contribution in [3.63, 3.8) is 0 Å². The summed E-state index contributed by atoms with van der Waals surface area (Å²) in [6, 6.07) is 2.18. The second-order valence-corrected chi connectivity index (χ2v) is 6.60. The molecule has 1 aliphatic rings. The van der Waals surface area contributed by atoms with Gasteiger partial charge >= 0.3 is 0 Å². The van der Waals surface area contributed by atoms with E-state index in [9.17, 15) is 0 Å². The molecule has 5 heteroatoms. The summed E-state index contributed by atoms with van der Waals surface area (Å²) in [6.07, 6.45) is 2.83. The highest BCUT2D eigenvalue weighted by Crippen LogP contribution is 2.19. The molecule has 1 N–H and O–H groups in total. The zero-order valence-corrected chi connectivity index (χ0v) is 13.2. The minimum absolute atomic E-state index is 0.484. The van der Waals surface area contributed by atoms with Gasteiger partial charge in [0.05, 0.1) is 6.10 Å². The van der Waals surface area contributed by atoms with E-state index in [1.165, 1.54) is 35.3 Å². The lowest BCUT2D eigenvalue weighted by molar-refractivity contribution is 0.0415. The molecule has 1 fully saturated rings. The number of ether oxygens (including phenoxy) is 1. The van der Waals surface area contributed by atoms with Crippen LogP contribution in [-0.2, 0) is 11.3 Å². The van der Waals surface area contributed by atoms with Gasteiger partial charge in [-0.15, -0.1) is 11.3 Å². The SMILES string of the molecule is COC1CCN(CCNCc2cc(Br)cs2)CC1. The van der Waals surface area contributed by atoms with Gasteiger partial charge in [-0.1, -0.05) is 0 Å². The van der Waals surface area contributed by atoms with Crippen LogP contribution in [-0.4, -0.2) is 44.3 Å². The average molecular weight is 333 g/mol. The molecule has 2 rings (SSSR count). The van der Waals surface area contributed by atoms with Gasteiger partial charge in [0, 0.05) is 54.6 Å². The Morgan fingerprint density at radius 3 is 2.89 bits per heavy atom. The lowest BCUT2D eigenvalue weighted by Crippen LogP contribution is -2.40. The smallest absolute Gasteiger partial charge is 0.0595 e. The molecule has 1 aliphatic heterocycles. The number of nitrogens with one attached hydrogen (secondary N) is 1. The molecule has 3 nitrogen and oxygen atoms in total. The maximum absolute atomic E-state index is 5.38. The fourth-order valence-electron chi connectivity index (χ4n) is 2.26. The van der Waals surface area contributed by atoms with E-state index in [2.05, 4.69) is 37.6 Å². The van der Waals surface area contributed by atoms with Crippen molar-refractivity contribution in [1.29, 1.82) is 0 Å². The number of rotatable bonds is 6. The van der Waals surface area contributed by atoms with Crippen molar-refractivity contribution < 1.29 is 4.74 Å². The fourth-order valence-corrected chi connectivity index (χ4v) is 3.68. The van der Waals surface area contributed by atoms with Crippen LogP contribution >= 0.6 is 27.3 Å².